The van der Waals surface area contributed by atoms with Crippen molar-refractivity contribution < 1.29 is 4.39 Å². The number of hydrogen-bond donors (Lipinski definition) is 0. The topological polar surface area (TPSA) is 17.3 Å². The molecule has 0 N–H and O–H groups in total. The summed E-state index contributed by atoms with van der Waals surface area (Å²) >= 11 is 0. The molecule has 0 saturated carbocycles. The molecule has 142 valence electrons. The highest BCUT2D eigenvalue weighted by Gasteiger charge is 2.20. The second kappa shape index (κ2) is 6.53. The van der Waals surface area contributed by atoms with Crippen molar-refractivity contribution in [3.8, 4) is 22.5 Å². The van der Waals surface area contributed by atoms with Crippen LogP contribution in [0.1, 0.15) is 0 Å². The summed E-state index contributed by atoms with van der Waals surface area (Å²) in [6, 6.07) is 33.6. The quantitative estimate of drug-likeness (QED) is 0.289. The standard InChI is InChI=1S/C27H17FN2/c28-20-15-16-24-23(17-20)21-13-7-8-14-22(21)27-29-25(18-9-3-1-4-10-18)26(30(24)27)19-11-5-2-6-12-19/h1-17H. The molecule has 0 aliphatic rings. The molecule has 0 spiro atoms. The van der Waals surface area contributed by atoms with Gasteiger partial charge in [0.05, 0.1) is 16.9 Å². The summed E-state index contributed by atoms with van der Waals surface area (Å²) in [6.07, 6.45) is 0. The van der Waals surface area contributed by atoms with Crippen molar-refractivity contribution in [2.45, 2.75) is 0 Å². The zero-order valence-corrected chi connectivity index (χ0v) is 16.1. The molecule has 30 heavy (non-hydrogen) atoms. The fourth-order valence-corrected chi connectivity index (χ4v) is 4.33. The van der Waals surface area contributed by atoms with Crippen LogP contribution in [0, 0.1) is 5.82 Å². The Morgan fingerprint density at radius 1 is 0.600 bits per heavy atom. The molecule has 6 aromatic rings. The minimum absolute atomic E-state index is 0.239. The average Bonchev–Trinajstić information content (AvgIpc) is 3.21. The average molecular weight is 388 g/mol. The third kappa shape index (κ3) is 2.45. The van der Waals surface area contributed by atoms with Gasteiger partial charge in [0.2, 0.25) is 0 Å². The van der Waals surface area contributed by atoms with Crippen molar-refractivity contribution in [1.29, 1.82) is 0 Å². The highest BCUT2D eigenvalue weighted by Crippen LogP contribution is 2.38. The van der Waals surface area contributed by atoms with E-state index in [-0.39, 0.29) is 5.82 Å². The number of imidazole rings is 1. The zero-order chi connectivity index (χ0) is 20.1. The van der Waals surface area contributed by atoms with Gasteiger partial charge in [-0.15, -0.1) is 0 Å². The molecule has 0 saturated heterocycles. The molecule has 6 rings (SSSR count). The number of halogens is 1. The molecule has 0 amide bonds. The number of pyridine rings is 1. The molecule has 0 radical (unpaired) electrons. The van der Waals surface area contributed by atoms with Gasteiger partial charge in [-0.1, -0.05) is 84.9 Å². The predicted molar refractivity (Wildman–Crippen MR) is 121 cm³/mol. The van der Waals surface area contributed by atoms with Gasteiger partial charge in [0.25, 0.3) is 0 Å². The van der Waals surface area contributed by atoms with E-state index in [2.05, 4.69) is 34.7 Å². The van der Waals surface area contributed by atoms with Crippen LogP contribution in [-0.2, 0) is 0 Å². The zero-order valence-electron chi connectivity index (χ0n) is 16.1. The number of hydrogen-bond acceptors (Lipinski definition) is 1. The van der Waals surface area contributed by atoms with Crippen molar-refractivity contribution in [3.05, 3.63) is 109 Å². The Bertz CT molecular complexity index is 1530. The molecule has 0 atom stereocenters. The fourth-order valence-electron chi connectivity index (χ4n) is 4.33. The summed E-state index contributed by atoms with van der Waals surface area (Å²) < 4.78 is 16.4. The first kappa shape index (κ1) is 16.9. The van der Waals surface area contributed by atoms with Crippen molar-refractivity contribution in [1.82, 2.24) is 9.38 Å². The summed E-state index contributed by atoms with van der Waals surface area (Å²) in [5, 5.41) is 2.89. The fraction of sp³-hybridized carbons (Fsp3) is 0. The molecule has 3 heteroatoms. The van der Waals surface area contributed by atoms with Crippen LogP contribution in [0.4, 0.5) is 4.39 Å². The number of nitrogens with zero attached hydrogens (tertiary/aromatic N) is 2. The van der Waals surface area contributed by atoms with Gasteiger partial charge in [-0.05, 0) is 23.6 Å². The second-order valence-corrected chi connectivity index (χ2v) is 7.41. The van der Waals surface area contributed by atoms with Gasteiger partial charge in [-0.2, -0.15) is 0 Å². The number of rotatable bonds is 2. The van der Waals surface area contributed by atoms with E-state index in [0.717, 1.165) is 49.8 Å². The lowest BCUT2D eigenvalue weighted by atomic mass is 10.0. The first-order valence-electron chi connectivity index (χ1n) is 9.94. The number of benzene rings is 4. The van der Waals surface area contributed by atoms with E-state index in [9.17, 15) is 4.39 Å². The van der Waals surface area contributed by atoms with E-state index < -0.39 is 0 Å². The molecule has 0 aliphatic carbocycles. The van der Waals surface area contributed by atoms with E-state index in [1.807, 2.05) is 60.7 Å². The minimum atomic E-state index is -0.239. The molecule has 4 aromatic carbocycles. The number of fused-ring (bicyclic) bond motifs is 6. The molecule has 0 fully saturated rings. The first-order valence-corrected chi connectivity index (χ1v) is 9.94. The van der Waals surface area contributed by atoms with Crippen molar-refractivity contribution in [2.24, 2.45) is 0 Å². The van der Waals surface area contributed by atoms with Crippen molar-refractivity contribution >= 4 is 27.3 Å². The molecule has 0 aliphatic heterocycles. The SMILES string of the molecule is Fc1ccc2c(c1)c1ccccc1c1nc(-c3ccccc3)c(-c3ccccc3)n21. The third-order valence-electron chi connectivity index (χ3n) is 5.63. The van der Waals surface area contributed by atoms with E-state index in [4.69, 9.17) is 4.98 Å². The highest BCUT2D eigenvalue weighted by molar-refractivity contribution is 6.13. The Labute approximate surface area is 172 Å². The van der Waals surface area contributed by atoms with Crippen LogP contribution >= 0.6 is 0 Å². The maximum atomic E-state index is 14.2. The molecular weight excluding hydrogens is 371 g/mol. The van der Waals surface area contributed by atoms with Crippen LogP contribution in [-0.4, -0.2) is 9.38 Å². The summed E-state index contributed by atoms with van der Waals surface area (Å²) in [5.41, 5.74) is 5.88. The van der Waals surface area contributed by atoms with Crippen LogP contribution in [0.25, 0.3) is 49.8 Å². The van der Waals surface area contributed by atoms with Gasteiger partial charge < -0.3 is 0 Å². The van der Waals surface area contributed by atoms with Gasteiger partial charge in [-0.25, -0.2) is 9.37 Å². The molecular formula is C27H17FN2. The third-order valence-corrected chi connectivity index (χ3v) is 5.63. The normalized spacial score (nSPS) is 11.5. The molecule has 0 unspecified atom stereocenters. The van der Waals surface area contributed by atoms with Gasteiger partial charge in [0.15, 0.2) is 0 Å². The first-order chi connectivity index (χ1) is 14.8. The van der Waals surface area contributed by atoms with Crippen LogP contribution in [0.15, 0.2) is 103 Å². The molecule has 2 aromatic heterocycles. The van der Waals surface area contributed by atoms with E-state index in [1.165, 1.54) is 6.07 Å². The smallest absolute Gasteiger partial charge is 0.146 e. The van der Waals surface area contributed by atoms with E-state index >= 15 is 0 Å². The predicted octanol–water partition coefficient (Wildman–Crippen LogP) is 7.11. The summed E-state index contributed by atoms with van der Waals surface area (Å²) in [6.45, 7) is 0. The summed E-state index contributed by atoms with van der Waals surface area (Å²) in [4.78, 5) is 5.13. The molecule has 2 heterocycles. The largest absolute Gasteiger partial charge is 0.291 e. The number of aromatic nitrogens is 2. The summed E-state index contributed by atoms with van der Waals surface area (Å²) in [5.74, 6) is -0.239. The van der Waals surface area contributed by atoms with E-state index in [0.29, 0.717) is 0 Å². The van der Waals surface area contributed by atoms with E-state index in [1.54, 1.807) is 6.07 Å². The van der Waals surface area contributed by atoms with Crippen molar-refractivity contribution in [2.75, 3.05) is 0 Å². The Hall–Kier alpha value is -3.98. The Morgan fingerprint density at radius 2 is 1.23 bits per heavy atom. The lowest BCUT2D eigenvalue weighted by molar-refractivity contribution is 0.629. The Kier molecular flexibility index (Phi) is 3.68. The van der Waals surface area contributed by atoms with Crippen LogP contribution in [0.2, 0.25) is 0 Å². The Morgan fingerprint density at radius 3 is 1.97 bits per heavy atom. The maximum absolute atomic E-state index is 14.2. The van der Waals surface area contributed by atoms with Crippen LogP contribution < -0.4 is 0 Å². The Balaban J connectivity index is 1.90. The van der Waals surface area contributed by atoms with Crippen molar-refractivity contribution in [3.63, 3.8) is 0 Å². The second-order valence-electron chi connectivity index (χ2n) is 7.41. The van der Waals surface area contributed by atoms with Crippen LogP contribution in [0.3, 0.4) is 0 Å². The highest BCUT2D eigenvalue weighted by atomic mass is 19.1. The van der Waals surface area contributed by atoms with Gasteiger partial charge in [-0.3, -0.25) is 4.40 Å². The van der Waals surface area contributed by atoms with Crippen LogP contribution in [0.5, 0.6) is 0 Å². The minimum Gasteiger partial charge on any atom is -0.291 e. The van der Waals surface area contributed by atoms with Gasteiger partial charge >= 0.3 is 0 Å². The maximum Gasteiger partial charge on any atom is 0.146 e. The lowest BCUT2D eigenvalue weighted by Gasteiger charge is -2.11. The molecule has 2 nitrogen and oxygen atoms in total. The van der Waals surface area contributed by atoms with Gasteiger partial charge in [0.1, 0.15) is 11.5 Å². The molecule has 0 bridgehead atoms. The lowest BCUT2D eigenvalue weighted by Crippen LogP contribution is -1.95. The van der Waals surface area contributed by atoms with Gasteiger partial charge in [0, 0.05) is 21.9 Å². The summed E-state index contributed by atoms with van der Waals surface area (Å²) in [7, 11) is 0. The monoisotopic (exact) mass is 388 g/mol.